The summed E-state index contributed by atoms with van der Waals surface area (Å²) < 4.78 is 55.4. The minimum absolute atomic E-state index is 0. The molecule has 0 atom stereocenters. The van der Waals surface area contributed by atoms with E-state index in [1.54, 1.807) is 14.1 Å². The van der Waals surface area contributed by atoms with Crippen LogP contribution in [0, 0.1) is 0 Å². The van der Waals surface area contributed by atoms with Gasteiger partial charge in [0.2, 0.25) is 0 Å². The van der Waals surface area contributed by atoms with Crippen molar-refractivity contribution in [1.82, 2.24) is 0 Å². The zero-order valence-corrected chi connectivity index (χ0v) is 10.2. The van der Waals surface area contributed by atoms with E-state index in [-0.39, 0.29) is 22.5 Å². The maximum atomic E-state index is 8.36. The Morgan fingerprint density at radius 1 is 1.27 bits per heavy atom. The topological polar surface area (TPSA) is 0 Å². The van der Waals surface area contributed by atoms with Gasteiger partial charge in [0, 0.05) is 5.56 Å². The molecule has 86 valence electrons. The smallest absolute Gasteiger partial charge is 0.104 e. The molecule has 0 aromatic heterocycles. The Morgan fingerprint density at radius 2 is 1.87 bits per heavy atom. The first-order chi connectivity index (χ1) is 9.49. The highest BCUT2D eigenvalue weighted by Gasteiger charge is 2.14. The molecule has 0 bridgehead atoms. The van der Waals surface area contributed by atoms with E-state index in [0.717, 1.165) is 12.8 Å². The third kappa shape index (κ3) is 5.81. The molecule has 1 nitrogen and oxygen atoms in total. The number of quaternary nitrogens is 1. The molecular weight excluding hydrogens is 206 g/mol. The van der Waals surface area contributed by atoms with E-state index >= 15 is 0 Å². The summed E-state index contributed by atoms with van der Waals surface area (Å²) in [6.07, 6.45) is 1.70. The van der Waals surface area contributed by atoms with Crippen molar-refractivity contribution in [3.05, 3.63) is 35.8 Å². The summed E-state index contributed by atoms with van der Waals surface area (Å²) >= 11 is 0. The second kappa shape index (κ2) is 6.86. The van der Waals surface area contributed by atoms with Gasteiger partial charge in [0.25, 0.3) is 0 Å². The Balaban J connectivity index is 0.00000441. The normalized spacial score (nSPS) is 18.5. The number of hydrogen-bond donors (Lipinski definition) is 0. The number of hydrogen-bond acceptors (Lipinski definition) is 0. The van der Waals surface area contributed by atoms with Crippen molar-refractivity contribution in [1.29, 1.82) is 0 Å². The van der Waals surface area contributed by atoms with Crippen LogP contribution in [-0.2, 0) is 6.50 Å². The van der Waals surface area contributed by atoms with Crippen LogP contribution in [0.2, 0.25) is 0 Å². The minimum atomic E-state index is -2.07. The van der Waals surface area contributed by atoms with E-state index < -0.39 is 36.7 Å². The molecule has 1 aromatic carbocycles. The van der Waals surface area contributed by atoms with E-state index in [2.05, 4.69) is 0 Å². The summed E-state index contributed by atoms with van der Waals surface area (Å²) in [4.78, 5) is 0. The molecule has 0 aliphatic heterocycles. The second-order valence-electron chi connectivity index (χ2n) is 3.87. The van der Waals surface area contributed by atoms with Crippen molar-refractivity contribution in [2.45, 2.75) is 26.3 Å². The van der Waals surface area contributed by atoms with E-state index in [1.807, 2.05) is 6.92 Å². The van der Waals surface area contributed by atoms with E-state index in [0.29, 0.717) is 6.54 Å². The van der Waals surface area contributed by atoms with Crippen LogP contribution >= 0.6 is 0 Å². The summed E-state index contributed by atoms with van der Waals surface area (Å²) in [6, 6.07) is -2.42. The third-order valence-electron chi connectivity index (χ3n) is 1.99. The molecule has 0 fully saturated rings. The van der Waals surface area contributed by atoms with Crippen LogP contribution in [0.5, 0.6) is 0 Å². The first kappa shape index (κ1) is 6.27. The Labute approximate surface area is 110 Å². The van der Waals surface area contributed by atoms with E-state index in [9.17, 15) is 0 Å². The predicted molar refractivity (Wildman–Crippen MR) is 62.0 cm³/mol. The van der Waals surface area contributed by atoms with Crippen molar-refractivity contribution in [2.75, 3.05) is 20.6 Å². The molecule has 0 unspecified atom stereocenters. The number of rotatable bonds is 5. The zero-order valence-electron chi connectivity index (χ0n) is 16.4. The average molecular weight is 235 g/mol. The van der Waals surface area contributed by atoms with Gasteiger partial charge in [0.05, 0.1) is 30.2 Å². The molecule has 0 saturated carbocycles. The zero-order chi connectivity index (χ0) is 16.6. The maximum absolute atomic E-state index is 8.36. The summed E-state index contributed by atoms with van der Waals surface area (Å²) in [5.41, 5.74) is -0.269. The fraction of sp³-hybridized carbons (Fsp3) is 0.538. The molecule has 0 radical (unpaired) electrons. The Kier molecular flexibility index (Phi) is 2.87. The standard InChI is InChI=1S/C13H22N.ClH/c1-4-5-11-14(2,3)12-13-9-7-6-8-10-13;/h6-10H,4-5,11-12H2,1-3H3;1H/q+1;/p-1/i6D,7D,8D,9D,10D,12D2;. The molecule has 0 spiro atoms. The van der Waals surface area contributed by atoms with Crippen molar-refractivity contribution < 1.29 is 26.5 Å². The van der Waals surface area contributed by atoms with Crippen LogP contribution in [0.1, 0.15) is 34.9 Å². The molecule has 0 saturated heterocycles. The van der Waals surface area contributed by atoms with Crippen molar-refractivity contribution in [3.63, 3.8) is 0 Å². The third-order valence-corrected chi connectivity index (χ3v) is 1.99. The summed E-state index contributed by atoms with van der Waals surface area (Å²) in [5.74, 6) is 0. The monoisotopic (exact) mass is 234 g/mol. The summed E-state index contributed by atoms with van der Waals surface area (Å²) in [5, 5.41) is 0. The Morgan fingerprint density at radius 3 is 2.40 bits per heavy atom. The molecule has 0 aliphatic rings. The number of nitrogens with zero attached hydrogens (tertiary/aromatic N) is 1. The highest BCUT2D eigenvalue weighted by molar-refractivity contribution is 5.13. The minimum Gasteiger partial charge on any atom is -1.00 e. The number of halogens is 1. The van der Waals surface area contributed by atoms with Gasteiger partial charge in [-0.2, -0.15) is 0 Å². The highest BCUT2D eigenvalue weighted by atomic mass is 35.5. The number of unbranched alkanes of at least 4 members (excludes halogenated alkanes) is 1. The molecule has 1 aromatic rings. The number of benzene rings is 1. The van der Waals surface area contributed by atoms with Gasteiger partial charge in [-0.3, -0.25) is 0 Å². The van der Waals surface area contributed by atoms with Crippen molar-refractivity contribution >= 4 is 0 Å². The molecule has 1 rings (SSSR count). The van der Waals surface area contributed by atoms with Gasteiger partial charge >= 0.3 is 0 Å². The van der Waals surface area contributed by atoms with E-state index in [4.69, 9.17) is 9.60 Å². The van der Waals surface area contributed by atoms with Gasteiger partial charge in [-0.25, -0.2) is 0 Å². The Bertz CT molecular complexity index is 517. The van der Waals surface area contributed by atoms with Crippen LogP contribution in [-0.4, -0.2) is 25.1 Å². The largest absolute Gasteiger partial charge is 1.00 e. The van der Waals surface area contributed by atoms with Crippen LogP contribution < -0.4 is 12.4 Å². The lowest BCUT2D eigenvalue weighted by atomic mass is 10.2. The molecule has 15 heavy (non-hydrogen) atoms. The summed E-state index contributed by atoms with van der Waals surface area (Å²) in [7, 11) is 3.35. The quantitative estimate of drug-likeness (QED) is 0.633. The van der Waals surface area contributed by atoms with Gasteiger partial charge in [-0.15, -0.1) is 0 Å². The van der Waals surface area contributed by atoms with E-state index in [1.165, 1.54) is 0 Å². The first-order valence-electron chi connectivity index (χ1n) is 8.39. The molecule has 0 aliphatic carbocycles. The predicted octanol–water partition coefficient (Wildman–Crippen LogP) is 0.0671. The lowest BCUT2D eigenvalue weighted by Crippen LogP contribution is -3.00. The first-order valence-corrected chi connectivity index (χ1v) is 4.89. The SMILES string of the molecule is [2H]c1c([2H])c([2H])c(C([2H])([2H])[N+](C)(C)CCCC)c([2H])c1[2H].[Cl-]. The fourth-order valence-electron chi connectivity index (χ4n) is 1.22. The van der Waals surface area contributed by atoms with Gasteiger partial charge in [-0.05, 0) is 6.42 Å². The fourth-order valence-corrected chi connectivity index (χ4v) is 1.22. The van der Waals surface area contributed by atoms with Crippen LogP contribution in [0.15, 0.2) is 30.2 Å². The van der Waals surface area contributed by atoms with Gasteiger partial charge in [0.1, 0.15) is 6.50 Å². The van der Waals surface area contributed by atoms with Crippen LogP contribution in [0.3, 0.4) is 0 Å². The summed E-state index contributed by atoms with van der Waals surface area (Å²) in [6.45, 7) is 0.453. The van der Waals surface area contributed by atoms with Gasteiger partial charge in [-0.1, -0.05) is 43.6 Å². The Hall–Kier alpha value is -0.530. The molecule has 0 amide bonds. The van der Waals surface area contributed by atoms with Gasteiger partial charge in [0.15, 0.2) is 0 Å². The van der Waals surface area contributed by atoms with Crippen molar-refractivity contribution in [3.8, 4) is 0 Å². The molecular formula is C13H22ClN. The lowest BCUT2D eigenvalue weighted by Gasteiger charge is -2.29. The second-order valence-corrected chi connectivity index (χ2v) is 3.87. The molecule has 2 heteroatoms. The maximum Gasteiger partial charge on any atom is 0.104 e. The van der Waals surface area contributed by atoms with Crippen molar-refractivity contribution in [2.24, 2.45) is 0 Å². The average Bonchev–Trinajstić information content (AvgIpc) is 2.40. The van der Waals surface area contributed by atoms with Crippen LogP contribution in [0.4, 0.5) is 0 Å². The molecule has 0 heterocycles. The molecule has 0 N–H and O–H groups in total. The van der Waals surface area contributed by atoms with Gasteiger partial charge < -0.3 is 16.9 Å². The lowest BCUT2D eigenvalue weighted by molar-refractivity contribution is -0.903. The highest BCUT2D eigenvalue weighted by Crippen LogP contribution is 2.10. The van der Waals surface area contributed by atoms with Crippen LogP contribution in [0.25, 0.3) is 0 Å².